The van der Waals surface area contributed by atoms with Crippen molar-refractivity contribution < 1.29 is 4.74 Å². The Morgan fingerprint density at radius 2 is 2.11 bits per heavy atom. The highest BCUT2D eigenvalue weighted by molar-refractivity contribution is 6.30. The zero-order valence-electron chi connectivity index (χ0n) is 11.1. The predicted octanol–water partition coefficient (Wildman–Crippen LogP) is 3.95. The molecule has 0 unspecified atom stereocenters. The van der Waals surface area contributed by atoms with Crippen molar-refractivity contribution in [3.63, 3.8) is 0 Å². The van der Waals surface area contributed by atoms with Gasteiger partial charge in [0.15, 0.2) is 0 Å². The maximum Gasteiger partial charge on any atom is 0.150 e. The highest BCUT2D eigenvalue weighted by Gasteiger charge is 2.07. The Morgan fingerprint density at radius 3 is 2.84 bits per heavy atom. The molecule has 3 nitrogen and oxygen atoms in total. The van der Waals surface area contributed by atoms with Gasteiger partial charge in [0.1, 0.15) is 11.5 Å². The van der Waals surface area contributed by atoms with Gasteiger partial charge in [-0.25, -0.2) is 0 Å². The van der Waals surface area contributed by atoms with Gasteiger partial charge in [-0.15, -0.1) is 0 Å². The summed E-state index contributed by atoms with van der Waals surface area (Å²) in [6.07, 6.45) is 3.51. The Labute approximate surface area is 118 Å². The van der Waals surface area contributed by atoms with Crippen LogP contribution in [0.4, 0.5) is 0 Å². The number of rotatable bonds is 5. The number of halogens is 1. The van der Waals surface area contributed by atoms with Gasteiger partial charge in [0.2, 0.25) is 0 Å². The van der Waals surface area contributed by atoms with E-state index in [0.717, 1.165) is 35.7 Å². The van der Waals surface area contributed by atoms with Gasteiger partial charge < -0.3 is 10.1 Å². The number of aromatic nitrogens is 1. The molecule has 0 bridgehead atoms. The summed E-state index contributed by atoms with van der Waals surface area (Å²) in [5.74, 6) is 1.57. The molecule has 0 fully saturated rings. The first kappa shape index (κ1) is 13.8. The number of hydrogen-bond acceptors (Lipinski definition) is 3. The van der Waals surface area contributed by atoms with E-state index in [1.54, 1.807) is 12.4 Å². The maximum absolute atomic E-state index is 5.94. The summed E-state index contributed by atoms with van der Waals surface area (Å²) in [6, 6.07) is 7.55. The van der Waals surface area contributed by atoms with Crippen LogP contribution in [0.15, 0.2) is 36.7 Å². The Bertz CT molecular complexity index is 558. The Morgan fingerprint density at radius 1 is 1.26 bits per heavy atom. The first-order valence-electron chi connectivity index (χ1n) is 6.28. The van der Waals surface area contributed by atoms with Crippen LogP contribution in [-0.4, -0.2) is 11.5 Å². The van der Waals surface area contributed by atoms with Crippen LogP contribution in [0.2, 0.25) is 5.02 Å². The number of aryl methyl sites for hydroxylation is 1. The average Bonchev–Trinajstić information content (AvgIpc) is 2.41. The van der Waals surface area contributed by atoms with Crippen molar-refractivity contribution in [2.75, 3.05) is 6.54 Å². The van der Waals surface area contributed by atoms with Crippen molar-refractivity contribution in [3.05, 3.63) is 52.8 Å². The van der Waals surface area contributed by atoms with Crippen molar-refractivity contribution in [1.29, 1.82) is 0 Å². The molecule has 0 aliphatic carbocycles. The average molecular weight is 277 g/mol. The van der Waals surface area contributed by atoms with Crippen LogP contribution in [-0.2, 0) is 6.54 Å². The summed E-state index contributed by atoms with van der Waals surface area (Å²) in [7, 11) is 0. The lowest BCUT2D eigenvalue weighted by molar-refractivity contribution is 0.467. The molecule has 0 atom stereocenters. The third-order valence-corrected chi connectivity index (χ3v) is 3.03. The number of nitrogens with zero attached hydrogens (tertiary/aromatic N) is 1. The number of nitrogens with one attached hydrogen (secondary N) is 1. The number of benzene rings is 1. The zero-order chi connectivity index (χ0) is 13.7. The van der Waals surface area contributed by atoms with Crippen LogP contribution in [0.25, 0.3) is 0 Å². The first-order chi connectivity index (χ1) is 9.20. The van der Waals surface area contributed by atoms with E-state index >= 15 is 0 Å². The fraction of sp³-hybridized carbons (Fsp3) is 0.267. The Kier molecular flexibility index (Phi) is 4.77. The Hall–Kier alpha value is -1.58. The number of pyridine rings is 1. The summed E-state index contributed by atoms with van der Waals surface area (Å²) in [5.41, 5.74) is 2.09. The normalized spacial score (nSPS) is 10.5. The molecule has 1 N–H and O–H groups in total. The summed E-state index contributed by atoms with van der Waals surface area (Å²) in [4.78, 5) is 4.12. The van der Waals surface area contributed by atoms with Crippen molar-refractivity contribution in [3.8, 4) is 11.5 Å². The molecule has 100 valence electrons. The second kappa shape index (κ2) is 6.55. The molecule has 1 aromatic carbocycles. The molecule has 2 rings (SSSR count). The van der Waals surface area contributed by atoms with Crippen LogP contribution in [0.1, 0.15) is 18.1 Å². The molecular weight excluding hydrogens is 260 g/mol. The SMILES string of the molecule is CCNCc1ccncc1Oc1ccc(Cl)cc1C. The van der Waals surface area contributed by atoms with E-state index < -0.39 is 0 Å². The van der Waals surface area contributed by atoms with Gasteiger partial charge in [-0.2, -0.15) is 0 Å². The van der Waals surface area contributed by atoms with E-state index in [4.69, 9.17) is 16.3 Å². The third-order valence-electron chi connectivity index (χ3n) is 2.79. The van der Waals surface area contributed by atoms with E-state index in [-0.39, 0.29) is 0 Å². The molecule has 0 aliphatic rings. The highest BCUT2D eigenvalue weighted by atomic mass is 35.5. The van der Waals surface area contributed by atoms with E-state index in [9.17, 15) is 0 Å². The molecule has 0 radical (unpaired) electrons. The second-order valence-electron chi connectivity index (χ2n) is 4.28. The van der Waals surface area contributed by atoms with E-state index in [1.807, 2.05) is 31.2 Å². The van der Waals surface area contributed by atoms with Crippen LogP contribution < -0.4 is 10.1 Å². The van der Waals surface area contributed by atoms with Gasteiger partial charge in [0, 0.05) is 23.3 Å². The van der Waals surface area contributed by atoms with Gasteiger partial charge in [0.05, 0.1) is 6.20 Å². The topological polar surface area (TPSA) is 34.2 Å². The van der Waals surface area contributed by atoms with Crippen molar-refractivity contribution >= 4 is 11.6 Å². The molecule has 0 spiro atoms. The summed E-state index contributed by atoms with van der Waals surface area (Å²) in [5, 5.41) is 4.00. The lowest BCUT2D eigenvalue weighted by atomic mass is 10.2. The van der Waals surface area contributed by atoms with E-state index in [2.05, 4.69) is 17.2 Å². The zero-order valence-corrected chi connectivity index (χ0v) is 11.9. The lowest BCUT2D eigenvalue weighted by Crippen LogP contribution is -2.12. The maximum atomic E-state index is 5.94. The molecule has 19 heavy (non-hydrogen) atoms. The summed E-state index contributed by atoms with van der Waals surface area (Å²) >= 11 is 5.94. The molecule has 1 aromatic heterocycles. The smallest absolute Gasteiger partial charge is 0.150 e. The second-order valence-corrected chi connectivity index (χ2v) is 4.71. The lowest BCUT2D eigenvalue weighted by Gasteiger charge is -2.12. The summed E-state index contributed by atoms with van der Waals surface area (Å²) in [6.45, 7) is 5.73. The highest BCUT2D eigenvalue weighted by Crippen LogP contribution is 2.28. The van der Waals surface area contributed by atoms with E-state index in [1.165, 1.54) is 0 Å². The van der Waals surface area contributed by atoms with Gasteiger partial charge in [-0.1, -0.05) is 18.5 Å². The van der Waals surface area contributed by atoms with Crippen LogP contribution in [0, 0.1) is 6.92 Å². The minimum atomic E-state index is 0.712. The fourth-order valence-corrected chi connectivity index (χ4v) is 1.98. The molecule has 1 heterocycles. The van der Waals surface area contributed by atoms with E-state index in [0.29, 0.717) is 5.02 Å². The van der Waals surface area contributed by atoms with Gasteiger partial charge >= 0.3 is 0 Å². The first-order valence-corrected chi connectivity index (χ1v) is 6.66. The minimum absolute atomic E-state index is 0.712. The van der Waals surface area contributed by atoms with Crippen molar-refractivity contribution in [2.24, 2.45) is 0 Å². The van der Waals surface area contributed by atoms with Crippen LogP contribution >= 0.6 is 11.6 Å². The predicted molar refractivity (Wildman–Crippen MR) is 77.9 cm³/mol. The standard InChI is InChI=1S/C15H17ClN2O/c1-3-17-9-12-6-7-18-10-15(12)19-14-5-4-13(16)8-11(14)2/h4-8,10,17H,3,9H2,1-2H3. The minimum Gasteiger partial charge on any atom is -0.455 e. The monoisotopic (exact) mass is 276 g/mol. The molecule has 0 saturated heterocycles. The van der Waals surface area contributed by atoms with Crippen molar-refractivity contribution in [2.45, 2.75) is 20.4 Å². The Balaban J connectivity index is 2.22. The van der Waals surface area contributed by atoms with Gasteiger partial charge in [0.25, 0.3) is 0 Å². The number of hydrogen-bond donors (Lipinski definition) is 1. The molecule has 0 aliphatic heterocycles. The van der Waals surface area contributed by atoms with Crippen molar-refractivity contribution in [1.82, 2.24) is 10.3 Å². The molecule has 4 heteroatoms. The quantitative estimate of drug-likeness (QED) is 0.898. The number of ether oxygens (including phenoxy) is 1. The van der Waals surface area contributed by atoms with Crippen LogP contribution in [0.3, 0.4) is 0 Å². The molecule has 2 aromatic rings. The van der Waals surface area contributed by atoms with Crippen LogP contribution in [0.5, 0.6) is 11.5 Å². The van der Waals surface area contributed by atoms with Gasteiger partial charge in [-0.05, 0) is 43.3 Å². The summed E-state index contributed by atoms with van der Waals surface area (Å²) < 4.78 is 5.93. The molecular formula is C15H17ClN2O. The largest absolute Gasteiger partial charge is 0.455 e. The molecule has 0 amide bonds. The van der Waals surface area contributed by atoms with Gasteiger partial charge in [-0.3, -0.25) is 4.98 Å². The molecule has 0 saturated carbocycles. The fourth-order valence-electron chi connectivity index (χ4n) is 1.75. The third kappa shape index (κ3) is 3.69.